The Morgan fingerprint density at radius 3 is 2.54 bits per heavy atom. The van der Waals surface area contributed by atoms with Crippen LogP contribution >= 0.6 is 0 Å². The van der Waals surface area contributed by atoms with E-state index in [2.05, 4.69) is 10.1 Å². The number of carbonyl (C=O) groups is 1. The second kappa shape index (κ2) is 6.53. The number of rotatable bonds is 2. The molecule has 0 saturated heterocycles. The third-order valence-electron chi connectivity index (χ3n) is 4.98. The van der Waals surface area contributed by atoms with Gasteiger partial charge in [-0.15, -0.1) is 13.2 Å². The van der Waals surface area contributed by atoms with Crippen molar-refractivity contribution in [3.63, 3.8) is 0 Å². The number of anilines is 1. The molecule has 3 rings (SSSR count). The molecule has 1 saturated carbocycles. The lowest BCUT2D eigenvalue weighted by Gasteiger charge is -2.40. The van der Waals surface area contributed by atoms with E-state index in [1.54, 1.807) is 0 Å². The number of benzene rings is 1. The van der Waals surface area contributed by atoms with Crippen molar-refractivity contribution in [3.05, 3.63) is 23.8 Å². The van der Waals surface area contributed by atoms with Crippen molar-refractivity contribution in [1.29, 1.82) is 0 Å². The van der Waals surface area contributed by atoms with Crippen LogP contribution in [0.4, 0.5) is 18.9 Å². The predicted octanol–water partition coefficient (Wildman–Crippen LogP) is 4.52. The molecule has 24 heavy (non-hydrogen) atoms. The first-order valence-electron chi connectivity index (χ1n) is 8.24. The molecule has 1 fully saturated rings. The van der Waals surface area contributed by atoms with Gasteiger partial charge in [0.25, 0.3) is 0 Å². The molecule has 2 aliphatic rings. The van der Waals surface area contributed by atoms with Gasteiger partial charge in [-0.1, -0.05) is 25.7 Å². The second-order valence-corrected chi connectivity index (χ2v) is 6.52. The van der Waals surface area contributed by atoms with E-state index in [-0.39, 0.29) is 17.6 Å². The van der Waals surface area contributed by atoms with Crippen LogP contribution in [0.15, 0.2) is 18.2 Å². The third-order valence-corrected chi connectivity index (χ3v) is 4.98. The van der Waals surface area contributed by atoms with Crippen LogP contribution in [0.25, 0.3) is 0 Å². The molecule has 1 aliphatic heterocycles. The Morgan fingerprint density at radius 2 is 1.88 bits per heavy atom. The molecule has 0 amide bonds. The zero-order valence-corrected chi connectivity index (χ0v) is 13.1. The van der Waals surface area contributed by atoms with E-state index < -0.39 is 18.4 Å². The smallest absolute Gasteiger partial charge is 0.480 e. The first-order valence-corrected chi connectivity index (χ1v) is 8.24. The zero-order chi connectivity index (χ0) is 17.3. The number of alkyl halides is 3. The summed E-state index contributed by atoms with van der Waals surface area (Å²) in [5, 5.41) is 12.5. The van der Waals surface area contributed by atoms with Gasteiger partial charge in [-0.2, -0.15) is 0 Å². The highest BCUT2D eigenvalue weighted by Gasteiger charge is 2.40. The third kappa shape index (κ3) is 3.60. The highest BCUT2D eigenvalue weighted by molar-refractivity contribution is 5.80. The Labute approximate surface area is 138 Å². The van der Waals surface area contributed by atoms with E-state index in [9.17, 15) is 23.1 Å². The van der Waals surface area contributed by atoms with Crippen LogP contribution in [-0.2, 0) is 4.79 Å². The molecule has 1 aliphatic carbocycles. The Bertz CT molecular complexity index is 618. The fourth-order valence-corrected chi connectivity index (χ4v) is 3.99. The van der Waals surface area contributed by atoms with Crippen LogP contribution in [-0.4, -0.2) is 23.5 Å². The highest BCUT2D eigenvalue weighted by atomic mass is 19.4. The van der Waals surface area contributed by atoms with E-state index in [0.717, 1.165) is 44.1 Å². The number of nitrogens with one attached hydrogen (secondary N) is 1. The van der Waals surface area contributed by atoms with Gasteiger partial charge in [0.2, 0.25) is 0 Å². The van der Waals surface area contributed by atoms with Crippen molar-refractivity contribution in [3.8, 4) is 5.75 Å². The van der Waals surface area contributed by atoms with Gasteiger partial charge >= 0.3 is 12.3 Å². The Morgan fingerprint density at radius 1 is 1.17 bits per heavy atom. The molecular formula is C17H20F3NO3. The summed E-state index contributed by atoms with van der Waals surface area (Å²) in [6.45, 7) is 0. The fourth-order valence-electron chi connectivity index (χ4n) is 3.99. The van der Waals surface area contributed by atoms with Gasteiger partial charge in [0.05, 0.1) is 0 Å². The molecule has 0 radical (unpaired) electrons. The maximum absolute atomic E-state index is 12.5. The lowest BCUT2D eigenvalue weighted by Crippen LogP contribution is -2.43. The molecule has 3 unspecified atom stereocenters. The molecule has 0 bridgehead atoms. The summed E-state index contributed by atoms with van der Waals surface area (Å²) >= 11 is 0. The molecule has 4 nitrogen and oxygen atoms in total. The van der Waals surface area contributed by atoms with Gasteiger partial charge in [-0.25, -0.2) is 4.79 Å². The SMILES string of the molecule is O=C(O)C1Nc2ccc(OC(F)(F)F)cc2C2CCCCCCC12. The van der Waals surface area contributed by atoms with Crippen LogP contribution in [0.2, 0.25) is 0 Å². The van der Waals surface area contributed by atoms with Crippen LogP contribution in [0.5, 0.6) is 5.75 Å². The van der Waals surface area contributed by atoms with Crippen molar-refractivity contribution in [2.24, 2.45) is 5.92 Å². The van der Waals surface area contributed by atoms with Crippen molar-refractivity contribution < 1.29 is 27.8 Å². The lowest BCUT2D eigenvalue weighted by atomic mass is 9.71. The van der Waals surface area contributed by atoms with Crippen LogP contribution in [0.3, 0.4) is 0 Å². The topological polar surface area (TPSA) is 58.6 Å². The predicted molar refractivity (Wildman–Crippen MR) is 82.1 cm³/mol. The first kappa shape index (κ1) is 16.9. The molecule has 1 aromatic carbocycles. The summed E-state index contributed by atoms with van der Waals surface area (Å²) in [5.74, 6) is -1.33. The standard InChI is InChI=1S/C17H20F3NO3/c18-17(19,20)24-10-7-8-14-13(9-10)11-5-3-1-2-4-6-12(11)15(21-14)16(22)23/h7-9,11-12,15,21H,1-6H2,(H,22,23). The highest BCUT2D eigenvalue weighted by Crippen LogP contribution is 2.46. The monoisotopic (exact) mass is 343 g/mol. The minimum Gasteiger partial charge on any atom is -0.480 e. The van der Waals surface area contributed by atoms with E-state index in [1.807, 2.05) is 0 Å². The maximum atomic E-state index is 12.5. The lowest BCUT2D eigenvalue weighted by molar-refractivity contribution is -0.274. The van der Waals surface area contributed by atoms with E-state index in [1.165, 1.54) is 18.2 Å². The van der Waals surface area contributed by atoms with Crippen molar-refractivity contribution in [2.45, 2.75) is 56.8 Å². The minimum absolute atomic E-state index is 0.0561. The average Bonchev–Trinajstić information content (AvgIpc) is 2.45. The summed E-state index contributed by atoms with van der Waals surface area (Å²) in [6, 6.07) is 3.42. The quantitative estimate of drug-likeness (QED) is 0.829. The molecule has 132 valence electrons. The Kier molecular flexibility index (Phi) is 4.60. The molecule has 2 N–H and O–H groups in total. The van der Waals surface area contributed by atoms with E-state index in [0.29, 0.717) is 5.69 Å². The summed E-state index contributed by atoms with van der Waals surface area (Å²) in [4.78, 5) is 11.6. The van der Waals surface area contributed by atoms with Gasteiger partial charge in [0, 0.05) is 5.69 Å². The van der Waals surface area contributed by atoms with Crippen LogP contribution in [0, 0.1) is 5.92 Å². The number of carboxylic acid groups (broad SMARTS) is 1. The van der Waals surface area contributed by atoms with Gasteiger partial charge in [-0.05, 0) is 48.4 Å². The molecule has 0 aromatic heterocycles. The van der Waals surface area contributed by atoms with E-state index >= 15 is 0 Å². The zero-order valence-electron chi connectivity index (χ0n) is 13.1. The van der Waals surface area contributed by atoms with E-state index in [4.69, 9.17) is 0 Å². The number of hydrogen-bond donors (Lipinski definition) is 2. The Hall–Kier alpha value is -1.92. The number of carboxylic acids is 1. The molecule has 3 atom stereocenters. The largest absolute Gasteiger partial charge is 0.573 e. The number of ether oxygens (including phenoxy) is 1. The first-order chi connectivity index (χ1) is 11.3. The summed E-state index contributed by atoms with van der Waals surface area (Å²) < 4.78 is 41.5. The average molecular weight is 343 g/mol. The summed E-state index contributed by atoms with van der Waals surface area (Å²) in [6.07, 6.45) is 0.859. The molecule has 1 heterocycles. The second-order valence-electron chi connectivity index (χ2n) is 6.52. The molecule has 1 aromatic rings. The molecule has 0 spiro atoms. The van der Waals surface area contributed by atoms with Crippen molar-refractivity contribution >= 4 is 11.7 Å². The molecular weight excluding hydrogens is 323 g/mol. The number of aliphatic carboxylic acids is 1. The van der Waals surface area contributed by atoms with Crippen molar-refractivity contribution in [2.75, 3.05) is 5.32 Å². The van der Waals surface area contributed by atoms with Gasteiger partial charge in [-0.3, -0.25) is 0 Å². The number of halogens is 3. The van der Waals surface area contributed by atoms with Gasteiger partial charge < -0.3 is 15.2 Å². The minimum atomic E-state index is -4.74. The Balaban J connectivity index is 1.97. The maximum Gasteiger partial charge on any atom is 0.573 e. The van der Waals surface area contributed by atoms with Gasteiger partial charge in [0.15, 0.2) is 0 Å². The summed E-state index contributed by atoms with van der Waals surface area (Å²) in [5.41, 5.74) is 1.33. The fraction of sp³-hybridized carbons (Fsp3) is 0.588. The number of fused-ring (bicyclic) bond motifs is 3. The normalized spacial score (nSPS) is 27.0. The van der Waals surface area contributed by atoms with Crippen LogP contribution in [0.1, 0.15) is 50.0 Å². The van der Waals surface area contributed by atoms with Crippen molar-refractivity contribution in [1.82, 2.24) is 0 Å². The number of hydrogen-bond acceptors (Lipinski definition) is 3. The summed E-state index contributed by atoms with van der Waals surface area (Å²) in [7, 11) is 0. The molecule has 7 heteroatoms. The van der Waals surface area contributed by atoms with Crippen LogP contribution < -0.4 is 10.1 Å². The van der Waals surface area contributed by atoms with Gasteiger partial charge in [0.1, 0.15) is 11.8 Å².